The Morgan fingerprint density at radius 2 is 1.57 bits per heavy atom. The van der Waals surface area contributed by atoms with Crippen LogP contribution in [0.4, 0.5) is 20.2 Å². The van der Waals surface area contributed by atoms with E-state index in [1.807, 2.05) is 0 Å². The first-order valence-electron chi connectivity index (χ1n) is 5.83. The predicted molar refractivity (Wildman–Crippen MR) is 78.3 cm³/mol. The summed E-state index contributed by atoms with van der Waals surface area (Å²) in [6.07, 6.45) is 0. The minimum Gasteiger partial charge on any atom is -0.497 e. The van der Waals surface area contributed by atoms with E-state index in [1.165, 1.54) is 7.11 Å². The number of aryl methyl sites for hydroxylation is 1. The van der Waals surface area contributed by atoms with Gasteiger partial charge in [0.25, 0.3) is 0 Å². The largest absolute Gasteiger partial charge is 0.497 e. The number of ether oxygens (including phenoxy) is 1. The molecule has 0 heterocycles. The van der Waals surface area contributed by atoms with Crippen molar-refractivity contribution in [2.45, 2.75) is 6.92 Å². The van der Waals surface area contributed by atoms with Crippen LogP contribution in [0.25, 0.3) is 0 Å². The summed E-state index contributed by atoms with van der Waals surface area (Å²) in [6, 6.07) is 5.31. The van der Waals surface area contributed by atoms with Crippen molar-refractivity contribution in [3.8, 4) is 5.75 Å². The Labute approximate surface area is 130 Å². The Bertz CT molecular complexity index is 697. The van der Waals surface area contributed by atoms with E-state index in [-0.39, 0.29) is 21.5 Å². The van der Waals surface area contributed by atoms with E-state index in [9.17, 15) is 8.78 Å². The molecule has 0 saturated heterocycles. The Hall–Kier alpha value is -1.72. The van der Waals surface area contributed by atoms with Crippen LogP contribution < -0.4 is 4.74 Å². The highest BCUT2D eigenvalue weighted by Crippen LogP contribution is 2.37. The molecular formula is C14H10Cl2F2N2O. The van der Waals surface area contributed by atoms with Gasteiger partial charge in [-0.15, -0.1) is 10.2 Å². The zero-order chi connectivity index (χ0) is 15.6. The molecule has 110 valence electrons. The fraction of sp³-hybridized carbons (Fsp3) is 0.143. The second-order valence-electron chi connectivity index (χ2n) is 4.17. The van der Waals surface area contributed by atoms with Gasteiger partial charge in [0.1, 0.15) is 11.4 Å². The van der Waals surface area contributed by atoms with E-state index >= 15 is 0 Å². The minimum atomic E-state index is -0.893. The maximum atomic E-state index is 13.7. The van der Waals surface area contributed by atoms with Crippen molar-refractivity contribution >= 4 is 34.6 Å². The highest BCUT2D eigenvalue weighted by molar-refractivity contribution is 6.39. The molecule has 0 aromatic heterocycles. The summed E-state index contributed by atoms with van der Waals surface area (Å²) in [5, 5.41) is 7.84. The van der Waals surface area contributed by atoms with Crippen LogP contribution in [-0.2, 0) is 0 Å². The third kappa shape index (κ3) is 3.31. The molecule has 2 aromatic rings. The fourth-order valence-electron chi connectivity index (χ4n) is 1.59. The molecule has 0 fully saturated rings. The minimum absolute atomic E-state index is 0.0515. The molecule has 3 nitrogen and oxygen atoms in total. The van der Waals surface area contributed by atoms with Crippen LogP contribution in [0.1, 0.15) is 5.56 Å². The van der Waals surface area contributed by atoms with Gasteiger partial charge in [-0.1, -0.05) is 29.3 Å². The molecule has 0 aliphatic heterocycles. The summed E-state index contributed by atoms with van der Waals surface area (Å²) >= 11 is 12.0. The number of hydrogen-bond donors (Lipinski definition) is 0. The van der Waals surface area contributed by atoms with Gasteiger partial charge in [-0.25, -0.2) is 8.78 Å². The molecule has 2 aromatic carbocycles. The molecule has 0 atom stereocenters. The molecule has 0 saturated carbocycles. The van der Waals surface area contributed by atoms with Crippen molar-refractivity contribution in [1.29, 1.82) is 0 Å². The van der Waals surface area contributed by atoms with Crippen molar-refractivity contribution < 1.29 is 13.5 Å². The van der Waals surface area contributed by atoms with Gasteiger partial charge in [-0.3, -0.25) is 0 Å². The monoisotopic (exact) mass is 330 g/mol. The van der Waals surface area contributed by atoms with E-state index in [0.717, 1.165) is 17.7 Å². The predicted octanol–water partition coefficient (Wildman–Crippen LogP) is 6.00. The van der Waals surface area contributed by atoms with Gasteiger partial charge in [-0.2, -0.15) is 0 Å². The SMILES string of the molecule is COc1cc(F)c(N=Nc2c(Cl)ccc(C)c2Cl)c(F)c1. The zero-order valence-corrected chi connectivity index (χ0v) is 12.6. The first-order valence-corrected chi connectivity index (χ1v) is 6.59. The third-order valence-electron chi connectivity index (χ3n) is 2.74. The van der Waals surface area contributed by atoms with Gasteiger partial charge in [-0.05, 0) is 18.6 Å². The van der Waals surface area contributed by atoms with Crippen LogP contribution in [0, 0.1) is 18.6 Å². The highest BCUT2D eigenvalue weighted by Gasteiger charge is 2.13. The van der Waals surface area contributed by atoms with Gasteiger partial charge < -0.3 is 4.74 Å². The van der Waals surface area contributed by atoms with Crippen molar-refractivity contribution in [1.82, 2.24) is 0 Å². The third-order valence-corrected chi connectivity index (χ3v) is 3.52. The molecule has 7 heteroatoms. The summed E-state index contributed by atoms with van der Waals surface area (Å²) in [6.45, 7) is 1.76. The Morgan fingerprint density at radius 1 is 1.00 bits per heavy atom. The quantitative estimate of drug-likeness (QED) is 0.635. The van der Waals surface area contributed by atoms with Crippen LogP contribution >= 0.6 is 23.2 Å². The molecular weight excluding hydrogens is 321 g/mol. The first kappa shape index (κ1) is 15.7. The number of rotatable bonds is 3. The standard InChI is InChI=1S/C14H10Cl2F2N2O/c1-7-3-4-9(15)13(12(7)16)19-20-14-10(17)5-8(21-2)6-11(14)18/h3-6H,1-2H3. The van der Waals surface area contributed by atoms with Crippen molar-refractivity contribution in [2.24, 2.45) is 10.2 Å². The fourth-order valence-corrected chi connectivity index (χ4v) is 2.04. The number of hydrogen-bond acceptors (Lipinski definition) is 3. The summed E-state index contributed by atoms with van der Waals surface area (Å²) < 4.78 is 32.2. The molecule has 21 heavy (non-hydrogen) atoms. The van der Waals surface area contributed by atoms with E-state index < -0.39 is 17.3 Å². The topological polar surface area (TPSA) is 34.0 Å². The number of benzene rings is 2. The summed E-state index contributed by atoms with van der Waals surface area (Å²) in [7, 11) is 1.31. The molecule has 0 N–H and O–H groups in total. The molecule has 0 bridgehead atoms. The van der Waals surface area contributed by atoms with Crippen molar-refractivity contribution in [2.75, 3.05) is 7.11 Å². The van der Waals surface area contributed by atoms with Crippen molar-refractivity contribution in [3.63, 3.8) is 0 Å². The van der Waals surface area contributed by atoms with Gasteiger partial charge >= 0.3 is 0 Å². The van der Waals surface area contributed by atoms with Gasteiger partial charge in [0.15, 0.2) is 17.3 Å². The Balaban J connectivity index is 2.46. The second kappa shape index (κ2) is 6.37. The lowest BCUT2D eigenvalue weighted by Gasteiger charge is -2.05. The van der Waals surface area contributed by atoms with Gasteiger partial charge in [0.2, 0.25) is 0 Å². The van der Waals surface area contributed by atoms with Crippen LogP contribution in [0.3, 0.4) is 0 Å². The van der Waals surface area contributed by atoms with E-state index in [0.29, 0.717) is 0 Å². The Kier molecular flexibility index (Phi) is 4.75. The van der Waals surface area contributed by atoms with Gasteiger partial charge in [0.05, 0.1) is 17.2 Å². The molecule has 0 amide bonds. The summed E-state index contributed by atoms with van der Waals surface area (Å²) in [5.41, 5.74) is 0.350. The summed E-state index contributed by atoms with van der Waals surface area (Å²) in [4.78, 5) is 0. The maximum absolute atomic E-state index is 13.7. The average molecular weight is 331 g/mol. The number of halogens is 4. The van der Waals surface area contributed by atoms with Gasteiger partial charge in [0, 0.05) is 12.1 Å². The van der Waals surface area contributed by atoms with Crippen molar-refractivity contribution in [3.05, 3.63) is 51.5 Å². The zero-order valence-electron chi connectivity index (χ0n) is 11.1. The highest BCUT2D eigenvalue weighted by atomic mass is 35.5. The number of azo groups is 1. The lowest BCUT2D eigenvalue weighted by atomic mass is 10.2. The lowest BCUT2D eigenvalue weighted by molar-refractivity contribution is 0.407. The molecule has 0 aliphatic rings. The first-order chi connectivity index (χ1) is 9.93. The normalized spacial score (nSPS) is 11.1. The number of nitrogens with zero attached hydrogens (tertiary/aromatic N) is 2. The molecule has 2 rings (SSSR count). The lowest BCUT2D eigenvalue weighted by Crippen LogP contribution is -1.88. The van der Waals surface area contributed by atoms with E-state index in [4.69, 9.17) is 27.9 Å². The van der Waals surface area contributed by atoms with Crippen LogP contribution in [-0.4, -0.2) is 7.11 Å². The number of methoxy groups -OCH3 is 1. The average Bonchev–Trinajstić information content (AvgIpc) is 2.45. The van der Waals surface area contributed by atoms with Crippen LogP contribution in [0.2, 0.25) is 10.0 Å². The second-order valence-corrected chi connectivity index (χ2v) is 4.95. The summed E-state index contributed by atoms with van der Waals surface area (Å²) in [5.74, 6) is -1.73. The molecule has 0 unspecified atom stereocenters. The van der Waals surface area contributed by atoms with Crippen LogP contribution in [0.5, 0.6) is 5.75 Å². The van der Waals surface area contributed by atoms with E-state index in [2.05, 4.69) is 10.2 Å². The molecule has 0 radical (unpaired) electrons. The maximum Gasteiger partial charge on any atom is 0.157 e. The molecule has 0 aliphatic carbocycles. The smallest absolute Gasteiger partial charge is 0.157 e. The van der Waals surface area contributed by atoms with Crippen LogP contribution in [0.15, 0.2) is 34.5 Å². The Morgan fingerprint density at radius 3 is 2.14 bits per heavy atom. The molecule has 0 spiro atoms. The van der Waals surface area contributed by atoms with E-state index in [1.54, 1.807) is 19.1 Å².